The van der Waals surface area contributed by atoms with Crippen LogP contribution in [0.5, 0.6) is 0 Å². The molecule has 0 aromatic carbocycles. The molecule has 0 radical (unpaired) electrons. The van der Waals surface area contributed by atoms with Crippen molar-refractivity contribution in [1.82, 2.24) is 0 Å². The Kier molecular flexibility index (Phi) is 10.2. The normalized spacial score (nSPS) is 26.7. The van der Waals surface area contributed by atoms with Crippen LogP contribution in [-0.2, 0) is 14.2 Å². The SMILES string of the molecule is COC(CC=C(C)C)(OC)C(C)CCC[C@]1(C)OC/C(=C/CO)CC[C@H]1O. The zero-order valence-electron chi connectivity index (χ0n) is 18.1. The molecular formula is C22H40O5. The van der Waals surface area contributed by atoms with E-state index in [1.165, 1.54) is 5.57 Å². The summed E-state index contributed by atoms with van der Waals surface area (Å²) in [5.41, 5.74) is 1.75. The van der Waals surface area contributed by atoms with E-state index in [0.717, 1.165) is 37.7 Å². The van der Waals surface area contributed by atoms with Crippen LogP contribution in [-0.4, -0.2) is 55.1 Å². The van der Waals surface area contributed by atoms with Crippen molar-refractivity contribution in [3.8, 4) is 0 Å². The largest absolute Gasteiger partial charge is 0.392 e. The smallest absolute Gasteiger partial charge is 0.173 e. The molecule has 5 heteroatoms. The molecule has 1 saturated heterocycles. The molecule has 1 rings (SSSR count). The van der Waals surface area contributed by atoms with Gasteiger partial charge in [-0.1, -0.05) is 31.1 Å². The number of methoxy groups -OCH3 is 2. The Morgan fingerprint density at radius 1 is 1.37 bits per heavy atom. The molecule has 0 aromatic heterocycles. The average Bonchev–Trinajstić information content (AvgIpc) is 2.77. The van der Waals surface area contributed by atoms with E-state index in [0.29, 0.717) is 13.0 Å². The van der Waals surface area contributed by atoms with E-state index >= 15 is 0 Å². The minimum atomic E-state index is -0.627. The van der Waals surface area contributed by atoms with Crippen LogP contribution in [0.15, 0.2) is 23.3 Å². The van der Waals surface area contributed by atoms with Crippen LogP contribution < -0.4 is 0 Å². The molecule has 0 amide bonds. The number of aliphatic hydroxyl groups is 2. The monoisotopic (exact) mass is 384 g/mol. The molecule has 0 spiro atoms. The molecule has 3 atom stereocenters. The summed E-state index contributed by atoms with van der Waals surface area (Å²) in [5.74, 6) is -0.419. The number of allylic oxidation sites excluding steroid dienone is 1. The summed E-state index contributed by atoms with van der Waals surface area (Å²) in [6.07, 6.45) is 8.20. The molecule has 1 aliphatic heterocycles. The highest BCUT2D eigenvalue weighted by Crippen LogP contribution is 2.35. The molecule has 158 valence electrons. The highest BCUT2D eigenvalue weighted by atomic mass is 16.7. The van der Waals surface area contributed by atoms with Crippen LogP contribution in [0.3, 0.4) is 0 Å². The van der Waals surface area contributed by atoms with Crippen LogP contribution >= 0.6 is 0 Å². The van der Waals surface area contributed by atoms with Gasteiger partial charge in [-0.25, -0.2) is 0 Å². The summed E-state index contributed by atoms with van der Waals surface area (Å²) >= 11 is 0. The molecule has 1 fully saturated rings. The Morgan fingerprint density at radius 2 is 2.04 bits per heavy atom. The number of rotatable bonds is 10. The lowest BCUT2D eigenvalue weighted by molar-refractivity contribution is -0.236. The van der Waals surface area contributed by atoms with Crippen molar-refractivity contribution in [2.24, 2.45) is 5.92 Å². The second-order valence-corrected chi connectivity index (χ2v) is 8.20. The Morgan fingerprint density at radius 3 is 2.59 bits per heavy atom. The molecule has 27 heavy (non-hydrogen) atoms. The van der Waals surface area contributed by atoms with Crippen molar-refractivity contribution in [3.05, 3.63) is 23.3 Å². The molecule has 0 aromatic rings. The van der Waals surface area contributed by atoms with Gasteiger partial charge in [0.25, 0.3) is 0 Å². The molecule has 1 aliphatic rings. The van der Waals surface area contributed by atoms with E-state index in [4.69, 9.17) is 19.3 Å². The average molecular weight is 385 g/mol. The van der Waals surface area contributed by atoms with Gasteiger partial charge in [-0.15, -0.1) is 0 Å². The van der Waals surface area contributed by atoms with Gasteiger partial charge in [0.05, 0.1) is 24.9 Å². The third-order valence-electron chi connectivity index (χ3n) is 5.96. The number of hydrogen-bond acceptors (Lipinski definition) is 5. The van der Waals surface area contributed by atoms with E-state index in [2.05, 4.69) is 26.8 Å². The predicted octanol–water partition coefficient (Wildman–Crippen LogP) is 3.99. The Hall–Kier alpha value is -0.720. The number of aliphatic hydroxyl groups excluding tert-OH is 2. The topological polar surface area (TPSA) is 68.2 Å². The molecular weight excluding hydrogens is 344 g/mol. The van der Waals surface area contributed by atoms with Crippen LogP contribution in [0, 0.1) is 5.92 Å². The van der Waals surface area contributed by atoms with Gasteiger partial charge >= 0.3 is 0 Å². The lowest BCUT2D eigenvalue weighted by Gasteiger charge is -2.37. The molecule has 0 bridgehead atoms. The minimum absolute atomic E-state index is 0.0187. The summed E-state index contributed by atoms with van der Waals surface area (Å²) in [5, 5.41) is 19.7. The number of hydrogen-bond donors (Lipinski definition) is 2. The maximum absolute atomic E-state index is 10.6. The zero-order chi connectivity index (χ0) is 20.5. The Bertz CT molecular complexity index is 491. The highest BCUT2D eigenvalue weighted by Gasteiger charge is 2.38. The van der Waals surface area contributed by atoms with Gasteiger partial charge in [0.2, 0.25) is 0 Å². The van der Waals surface area contributed by atoms with Gasteiger partial charge in [-0.3, -0.25) is 0 Å². The molecule has 0 aliphatic carbocycles. The van der Waals surface area contributed by atoms with Crippen molar-refractivity contribution < 1.29 is 24.4 Å². The number of ether oxygens (including phenoxy) is 3. The molecule has 1 unspecified atom stereocenters. The maximum atomic E-state index is 10.6. The first kappa shape index (κ1) is 24.3. The summed E-state index contributed by atoms with van der Waals surface area (Å²) in [6.45, 7) is 8.79. The van der Waals surface area contributed by atoms with Gasteiger partial charge < -0.3 is 24.4 Å². The molecule has 0 saturated carbocycles. The first-order valence-corrected chi connectivity index (χ1v) is 10.1. The van der Waals surface area contributed by atoms with Crippen molar-refractivity contribution in [2.45, 2.75) is 83.7 Å². The van der Waals surface area contributed by atoms with E-state index in [-0.39, 0.29) is 12.5 Å². The van der Waals surface area contributed by atoms with E-state index in [9.17, 15) is 5.11 Å². The van der Waals surface area contributed by atoms with Crippen LogP contribution in [0.1, 0.15) is 66.2 Å². The van der Waals surface area contributed by atoms with Gasteiger partial charge in [-0.2, -0.15) is 0 Å². The molecule has 2 N–H and O–H groups in total. The summed E-state index contributed by atoms with van der Waals surface area (Å²) < 4.78 is 17.6. The summed E-state index contributed by atoms with van der Waals surface area (Å²) in [4.78, 5) is 0. The van der Waals surface area contributed by atoms with Crippen molar-refractivity contribution in [2.75, 3.05) is 27.4 Å². The predicted molar refractivity (Wildman–Crippen MR) is 109 cm³/mol. The van der Waals surface area contributed by atoms with E-state index in [1.54, 1.807) is 20.3 Å². The fraction of sp³-hybridized carbons (Fsp3) is 0.818. The first-order valence-electron chi connectivity index (χ1n) is 10.1. The standard InChI is InChI=1S/C22H40O5/c1-17(2)11-14-22(25-5,26-6)18(3)8-7-13-21(4)20(24)10-9-19(12-15-23)16-27-21/h11-12,18,20,23-24H,7-10,13-16H2,1-6H3/b19-12+/t18?,20-,21+/m1/s1. The van der Waals surface area contributed by atoms with E-state index < -0.39 is 17.5 Å². The quantitative estimate of drug-likeness (QED) is 0.440. The zero-order valence-corrected chi connectivity index (χ0v) is 18.1. The first-order chi connectivity index (χ1) is 12.7. The third kappa shape index (κ3) is 6.99. The van der Waals surface area contributed by atoms with Crippen molar-refractivity contribution >= 4 is 0 Å². The van der Waals surface area contributed by atoms with Crippen molar-refractivity contribution in [3.63, 3.8) is 0 Å². The molecule has 1 heterocycles. The summed E-state index contributed by atoms with van der Waals surface area (Å²) in [7, 11) is 3.40. The maximum Gasteiger partial charge on any atom is 0.173 e. The van der Waals surface area contributed by atoms with Crippen LogP contribution in [0.25, 0.3) is 0 Å². The van der Waals surface area contributed by atoms with Crippen LogP contribution in [0.4, 0.5) is 0 Å². The minimum Gasteiger partial charge on any atom is -0.392 e. The second-order valence-electron chi connectivity index (χ2n) is 8.20. The second kappa shape index (κ2) is 11.3. The Balaban J connectivity index is 2.68. The Labute approximate surface area is 165 Å². The van der Waals surface area contributed by atoms with Gasteiger partial charge in [0.15, 0.2) is 5.79 Å². The molecule has 5 nitrogen and oxygen atoms in total. The van der Waals surface area contributed by atoms with E-state index in [1.807, 2.05) is 6.92 Å². The van der Waals surface area contributed by atoms with Gasteiger partial charge in [0, 0.05) is 26.6 Å². The lowest BCUT2D eigenvalue weighted by atomic mass is 9.86. The summed E-state index contributed by atoms with van der Waals surface area (Å²) in [6, 6.07) is 0. The van der Waals surface area contributed by atoms with Crippen LogP contribution in [0.2, 0.25) is 0 Å². The van der Waals surface area contributed by atoms with Gasteiger partial charge in [-0.05, 0) is 52.0 Å². The highest BCUT2D eigenvalue weighted by molar-refractivity contribution is 5.06. The fourth-order valence-electron chi connectivity index (χ4n) is 3.76. The van der Waals surface area contributed by atoms with Crippen molar-refractivity contribution in [1.29, 1.82) is 0 Å². The third-order valence-corrected chi connectivity index (χ3v) is 5.96. The fourth-order valence-corrected chi connectivity index (χ4v) is 3.76. The van der Waals surface area contributed by atoms with Gasteiger partial charge in [0.1, 0.15) is 0 Å². The lowest BCUT2D eigenvalue weighted by Crippen LogP contribution is -2.42.